The van der Waals surface area contributed by atoms with Crippen molar-refractivity contribution in [3.05, 3.63) is 65.4 Å². The number of nitrogens with one attached hydrogen (secondary N) is 1. The Hall–Kier alpha value is -2.46. The summed E-state index contributed by atoms with van der Waals surface area (Å²) >= 11 is 5.98. The largest absolute Gasteiger partial charge is 0.482 e. The maximum absolute atomic E-state index is 12.0. The van der Waals surface area contributed by atoms with E-state index in [9.17, 15) is 4.79 Å². The van der Waals surface area contributed by atoms with E-state index in [1.165, 1.54) is 0 Å². The second-order valence-corrected chi connectivity index (χ2v) is 5.60. The number of hydrogen-bond donors (Lipinski definition) is 1. The van der Waals surface area contributed by atoms with Gasteiger partial charge in [0.05, 0.1) is 11.1 Å². The van der Waals surface area contributed by atoms with E-state index >= 15 is 0 Å². The molecular formula is C18H16ClNO3. The van der Waals surface area contributed by atoms with Crippen LogP contribution in [0, 0.1) is 0 Å². The molecule has 1 aromatic heterocycles. The molecule has 3 rings (SSSR count). The Morgan fingerprint density at radius 2 is 1.96 bits per heavy atom. The van der Waals surface area contributed by atoms with Gasteiger partial charge in [-0.1, -0.05) is 41.9 Å². The van der Waals surface area contributed by atoms with E-state index in [-0.39, 0.29) is 18.6 Å². The Balaban J connectivity index is 1.60. The highest BCUT2D eigenvalue weighted by atomic mass is 35.5. The SMILES string of the molecule is C[C@@H](NC(=O)COc1ccccc1Cl)c1cc2ccccc2o1. The van der Waals surface area contributed by atoms with Crippen LogP contribution in [0.15, 0.2) is 59.0 Å². The maximum atomic E-state index is 12.0. The highest BCUT2D eigenvalue weighted by molar-refractivity contribution is 6.32. The molecule has 1 heterocycles. The molecule has 0 spiro atoms. The third kappa shape index (κ3) is 3.66. The lowest BCUT2D eigenvalue weighted by Gasteiger charge is -2.12. The zero-order chi connectivity index (χ0) is 16.2. The second-order valence-electron chi connectivity index (χ2n) is 5.19. The predicted molar refractivity (Wildman–Crippen MR) is 89.7 cm³/mol. The number of carbonyl (C=O) groups excluding carboxylic acids is 1. The minimum absolute atomic E-state index is 0.103. The molecule has 0 aliphatic heterocycles. The van der Waals surface area contributed by atoms with Gasteiger partial charge in [-0.3, -0.25) is 4.79 Å². The molecule has 0 bridgehead atoms. The second kappa shape index (κ2) is 6.75. The van der Waals surface area contributed by atoms with Crippen LogP contribution in [0.25, 0.3) is 11.0 Å². The van der Waals surface area contributed by atoms with Gasteiger partial charge in [0.25, 0.3) is 5.91 Å². The van der Waals surface area contributed by atoms with E-state index in [2.05, 4.69) is 5.32 Å². The molecule has 0 fully saturated rings. The number of para-hydroxylation sites is 2. The lowest BCUT2D eigenvalue weighted by molar-refractivity contribution is -0.123. The summed E-state index contributed by atoms with van der Waals surface area (Å²) in [5, 5.41) is 4.33. The fraction of sp³-hybridized carbons (Fsp3) is 0.167. The molecule has 0 unspecified atom stereocenters. The number of hydrogen-bond acceptors (Lipinski definition) is 3. The highest BCUT2D eigenvalue weighted by Crippen LogP contribution is 2.24. The first-order chi connectivity index (χ1) is 11.1. The van der Waals surface area contributed by atoms with E-state index in [1.807, 2.05) is 37.3 Å². The summed E-state index contributed by atoms with van der Waals surface area (Å²) in [5.74, 6) is 0.955. The lowest BCUT2D eigenvalue weighted by atomic mass is 10.2. The molecule has 4 nitrogen and oxygen atoms in total. The molecule has 0 saturated heterocycles. The summed E-state index contributed by atoms with van der Waals surface area (Å²) in [6.07, 6.45) is 0. The molecule has 1 N–H and O–H groups in total. The molecular weight excluding hydrogens is 314 g/mol. The van der Waals surface area contributed by atoms with Crippen LogP contribution in [0.1, 0.15) is 18.7 Å². The highest BCUT2D eigenvalue weighted by Gasteiger charge is 2.14. The van der Waals surface area contributed by atoms with E-state index < -0.39 is 0 Å². The van der Waals surface area contributed by atoms with Gasteiger partial charge in [-0.15, -0.1) is 0 Å². The van der Waals surface area contributed by atoms with Crippen LogP contribution in [-0.4, -0.2) is 12.5 Å². The minimum Gasteiger partial charge on any atom is -0.482 e. The molecule has 2 aromatic carbocycles. The van der Waals surface area contributed by atoms with Crippen molar-refractivity contribution >= 4 is 28.5 Å². The van der Waals surface area contributed by atoms with Gasteiger partial charge in [0.1, 0.15) is 17.1 Å². The predicted octanol–water partition coefficient (Wildman–Crippen LogP) is 4.34. The molecule has 118 valence electrons. The zero-order valence-electron chi connectivity index (χ0n) is 12.6. The quantitative estimate of drug-likeness (QED) is 0.757. The Morgan fingerprint density at radius 3 is 2.74 bits per heavy atom. The van der Waals surface area contributed by atoms with E-state index in [4.69, 9.17) is 20.8 Å². The monoisotopic (exact) mass is 329 g/mol. The summed E-state index contributed by atoms with van der Waals surface area (Å²) in [6.45, 7) is 1.76. The number of halogens is 1. The summed E-state index contributed by atoms with van der Waals surface area (Å²) < 4.78 is 11.2. The molecule has 1 atom stereocenters. The molecule has 5 heteroatoms. The van der Waals surface area contributed by atoms with Crippen molar-refractivity contribution in [2.24, 2.45) is 0 Å². The summed E-state index contributed by atoms with van der Waals surface area (Å²) in [7, 11) is 0. The number of amides is 1. The van der Waals surface area contributed by atoms with Crippen LogP contribution in [0.5, 0.6) is 5.75 Å². The van der Waals surface area contributed by atoms with E-state index in [0.29, 0.717) is 16.5 Å². The first kappa shape index (κ1) is 15.4. The van der Waals surface area contributed by atoms with Crippen LogP contribution in [0.3, 0.4) is 0 Å². The third-order valence-electron chi connectivity index (χ3n) is 3.44. The summed E-state index contributed by atoms with van der Waals surface area (Å²) in [5.41, 5.74) is 0.802. The molecule has 23 heavy (non-hydrogen) atoms. The van der Waals surface area contributed by atoms with Crippen molar-refractivity contribution in [1.82, 2.24) is 5.32 Å². The zero-order valence-corrected chi connectivity index (χ0v) is 13.3. The summed E-state index contributed by atoms with van der Waals surface area (Å²) in [6, 6.07) is 16.4. The molecule has 0 saturated carbocycles. The van der Waals surface area contributed by atoms with Crippen LogP contribution in [0.2, 0.25) is 5.02 Å². The van der Waals surface area contributed by atoms with E-state index in [0.717, 1.165) is 11.0 Å². The van der Waals surface area contributed by atoms with Gasteiger partial charge >= 0.3 is 0 Å². The number of fused-ring (bicyclic) bond motifs is 1. The standard InChI is InChI=1S/C18H16ClNO3/c1-12(17-10-13-6-2-4-8-15(13)23-17)20-18(21)11-22-16-9-5-3-7-14(16)19/h2-10,12H,11H2,1H3,(H,20,21)/t12-/m1/s1. The van der Waals surface area contributed by atoms with Gasteiger partial charge < -0.3 is 14.5 Å². The molecule has 0 aliphatic carbocycles. The van der Waals surface area contributed by atoms with Gasteiger partial charge in [0, 0.05) is 5.39 Å². The third-order valence-corrected chi connectivity index (χ3v) is 3.76. The Bertz CT molecular complexity index is 795. The first-order valence-electron chi connectivity index (χ1n) is 7.28. The van der Waals surface area contributed by atoms with Gasteiger partial charge in [0.15, 0.2) is 6.61 Å². The Kier molecular flexibility index (Phi) is 4.53. The van der Waals surface area contributed by atoms with Crippen molar-refractivity contribution in [2.45, 2.75) is 13.0 Å². The van der Waals surface area contributed by atoms with Crippen LogP contribution >= 0.6 is 11.6 Å². The number of benzene rings is 2. The normalized spacial score (nSPS) is 12.1. The Labute approximate surface area is 139 Å². The average molecular weight is 330 g/mol. The minimum atomic E-state index is -0.246. The van der Waals surface area contributed by atoms with Crippen molar-refractivity contribution in [2.75, 3.05) is 6.61 Å². The Morgan fingerprint density at radius 1 is 1.22 bits per heavy atom. The van der Waals surface area contributed by atoms with E-state index in [1.54, 1.807) is 24.3 Å². The number of ether oxygens (including phenoxy) is 1. The number of rotatable bonds is 5. The fourth-order valence-corrected chi connectivity index (χ4v) is 2.47. The lowest BCUT2D eigenvalue weighted by Crippen LogP contribution is -2.31. The smallest absolute Gasteiger partial charge is 0.258 e. The average Bonchev–Trinajstić information content (AvgIpc) is 2.98. The number of carbonyl (C=O) groups is 1. The number of furan rings is 1. The molecule has 0 aliphatic rings. The molecule has 3 aromatic rings. The van der Waals surface area contributed by atoms with Crippen LogP contribution < -0.4 is 10.1 Å². The van der Waals surface area contributed by atoms with Crippen molar-refractivity contribution in [3.8, 4) is 5.75 Å². The van der Waals surface area contributed by atoms with Gasteiger partial charge in [-0.25, -0.2) is 0 Å². The maximum Gasteiger partial charge on any atom is 0.258 e. The van der Waals surface area contributed by atoms with Crippen LogP contribution in [-0.2, 0) is 4.79 Å². The van der Waals surface area contributed by atoms with Gasteiger partial charge in [-0.05, 0) is 31.2 Å². The van der Waals surface area contributed by atoms with Crippen LogP contribution in [0.4, 0.5) is 0 Å². The topological polar surface area (TPSA) is 51.5 Å². The molecule has 0 radical (unpaired) electrons. The first-order valence-corrected chi connectivity index (χ1v) is 7.66. The fourth-order valence-electron chi connectivity index (χ4n) is 2.28. The van der Waals surface area contributed by atoms with Gasteiger partial charge in [0.2, 0.25) is 0 Å². The van der Waals surface area contributed by atoms with Gasteiger partial charge in [-0.2, -0.15) is 0 Å². The van der Waals surface area contributed by atoms with Crippen molar-refractivity contribution in [1.29, 1.82) is 0 Å². The van der Waals surface area contributed by atoms with Crippen molar-refractivity contribution in [3.63, 3.8) is 0 Å². The summed E-state index contributed by atoms with van der Waals surface area (Å²) in [4.78, 5) is 12.0. The molecule has 1 amide bonds. The van der Waals surface area contributed by atoms with Crippen molar-refractivity contribution < 1.29 is 13.9 Å².